The Morgan fingerprint density at radius 3 is 2.81 bits per heavy atom. The first kappa shape index (κ1) is 15.8. The molecule has 0 saturated heterocycles. The molecule has 3 nitrogen and oxygen atoms in total. The molecule has 0 radical (unpaired) electrons. The molecule has 4 heteroatoms. The minimum absolute atomic E-state index is 0.177. The summed E-state index contributed by atoms with van der Waals surface area (Å²) in [5.41, 5.74) is 0.701. The van der Waals surface area contributed by atoms with Crippen LogP contribution < -0.4 is 10.6 Å². The van der Waals surface area contributed by atoms with Crippen LogP contribution in [0.25, 0.3) is 0 Å². The number of carbonyl (C=O) groups excluding carboxylic acids is 1. The highest BCUT2D eigenvalue weighted by Crippen LogP contribution is 2.25. The highest BCUT2D eigenvalue weighted by molar-refractivity contribution is 5.99. The Morgan fingerprint density at radius 2 is 2.05 bits per heavy atom. The maximum Gasteiger partial charge on any atom is 0.253 e. The smallest absolute Gasteiger partial charge is 0.253 e. The molecule has 1 aliphatic rings. The second-order valence-corrected chi connectivity index (χ2v) is 5.89. The molecule has 0 bridgehead atoms. The zero-order valence-electron chi connectivity index (χ0n) is 12.9. The fourth-order valence-electron chi connectivity index (χ4n) is 3.02. The van der Waals surface area contributed by atoms with E-state index in [2.05, 4.69) is 17.6 Å². The van der Waals surface area contributed by atoms with Gasteiger partial charge in [-0.25, -0.2) is 4.39 Å². The number of para-hydroxylation sites is 1. The summed E-state index contributed by atoms with van der Waals surface area (Å²) in [6, 6.07) is 4.83. The second-order valence-electron chi connectivity index (χ2n) is 5.89. The highest BCUT2D eigenvalue weighted by Gasteiger charge is 2.23. The van der Waals surface area contributed by atoms with E-state index in [1.165, 1.54) is 18.9 Å². The lowest BCUT2D eigenvalue weighted by Crippen LogP contribution is -2.39. The number of nitrogens with one attached hydrogen (secondary N) is 2. The van der Waals surface area contributed by atoms with Crippen molar-refractivity contribution in [1.82, 2.24) is 5.32 Å². The third-order valence-corrected chi connectivity index (χ3v) is 4.29. The predicted molar refractivity (Wildman–Crippen MR) is 84.1 cm³/mol. The maximum absolute atomic E-state index is 13.9. The van der Waals surface area contributed by atoms with E-state index in [0.717, 1.165) is 19.3 Å². The fraction of sp³-hybridized carbons (Fsp3) is 0.588. The van der Waals surface area contributed by atoms with Gasteiger partial charge in [-0.3, -0.25) is 4.79 Å². The molecule has 1 fully saturated rings. The summed E-state index contributed by atoms with van der Waals surface area (Å²) in [7, 11) is 0. The summed E-state index contributed by atoms with van der Waals surface area (Å²) in [6.07, 6.45) is 5.78. The third-order valence-electron chi connectivity index (χ3n) is 4.29. The minimum atomic E-state index is -0.376. The summed E-state index contributed by atoms with van der Waals surface area (Å²) in [5, 5.41) is 6.06. The van der Waals surface area contributed by atoms with Crippen molar-refractivity contribution in [2.45, 2.75) is 52.0 Å². The van der Waals surface area contributed by atoms with Crippen molar-refractivity contribution in [2.24, 2.45) is 5.92 Å². The normalized spacial score (nSPS) is 22.4. The van der Waals surface area contributed by atoms with E-state index in [9.17, 15) is 9.18 Å². The van der Waals surface area contributed by atoms with Crippen molar-refractivity contribution in [3.8, 4) is 0 Å². The SMILES string of the molecule is CCNc1c(F)cccc1C(=O)NC1CCCCCC1C. The van der Waals surface area contributed by atoms with Gasteiger partial charge in [-0.05, 0) is 37.8 Å². The van der Waals surface area contributed by atoms with Gasteiger partial charge in [0.15, 0.2) is 0 Å². The van der Waals surface area contributed by atoms with Crippen molar-refractivity contribution in [3.05, 3.63) is 29.6 Å². The molecule has 2 N–H and O–H groups in total. The van der Waals surface area contributed by atoms with Crippen molar-refractivity contribution in [1.29, 1.82) is 0 Å². The molecule has 0 aliphatic heterocycles. The molecular formula is C17H25FN2O. The zero-order chi connectivity index (χ0) is 15.2. The van der Waals surface area contributed by atoms with E-state index in [0.29, 0.717) is 23.7 Å². The summed E-state index contributed by atoms with van der Waals surface area (Å²) in [4.78, 5) is 12.5. The first-order valence-electron chi connectivity index (χ1n) is 7.96. The molecule has 2 unspecified atom stereocenters. The summed E-state index contributed by atoms with van der Waals surface area (Å²) in [6.45, 7) is 4.66. The lowest BCUT2D eigenvalue weighted by Gasteiger charge is -2.23. The molecule has 2 atom stereocenters. The van der Waals surface area contributed by atoms with Crippen LogP contribution in [0.4, 0.5) is 10.1 Å². The molecule has 1 saturated carbocycles. The van der Waals surface area contributed by atoms with Gasteiger partial charge < -0.3 is 10.6 Å². The van der Waals surface area contributed by atoms with E-state index >= 15 is 0 Å². The number of hydrogen-bond donors (Lipinski definition) is 2. The van der Waals surface area contributed by atoms with Gasteiger partial charge in [-0.1, -0.05) is 32.3 Å². The van der Waals surface area contributed by atoms with Crippen LogP contribution in [0, 0.1) is 11.7 Å². The Morgan fingerprint density at radius 1 is 1.29 bits per heavy atom. The number of anilines is 1. The van der Waals surface area contributed by atoms with Crippen LogP contribution in [-0.2, 0) is 0 Å². The van der Waals surface area contributed by atoms with Crippen molar-refractivity contribution in [2.75, 3.05) is 11.9 Å². The largest absolute Gasteiger partial charge is 0.382 e. The van der Waals surface area contributed by atoms with E-state index in [-0.39, 0.29) is 17.8 Å². The average molecular weight is 292 g/mol. The van der Waals surface area contributed by atoms with Crippen molar-refractivity contribution >= 4 is 11.6 Å². The average Bonchev–Trinajstić information content (AvgIpc) is 2.66. The monoisotopic (exact) mass is 292 g/mol. The predicted octanol–water partition coefficient (Wildman–Crippen LogP) is 3.96. The molecule has 1 amide bonds. The topological polar surface area (TPSA) is 41.1 Å². The fourth-order valence-corrected chi connectivity index (χ4v) is 3.02. The number of rotatable bonds is 4. The van der Waals surface area contributed by atoms with Gasteiger partial charge in [0.2, 0.25) is 0 Å². The number of hydrogen-bond acceptors (Lipinski definition) is 2. The Hall–Kier alpha value is -1.58. The molecule has 1 aromatic carbocycles. The minimum Gasteiger partial charge on any atom is -0.382 e. The van der Waals surface area contributed by atoms with Crippen LogP contribution in [0.1, 0.15) is 56.3 Å². The maximum atomic E-state index is 13.9. The summed E-state index contributed by atoms with van der Waals surface area (Å²) < 4.78 is 13.9. The number of carbonyl (C=O) groups is 1. The van der Waals surface area contributed by atoms with Gasteiger partial charge in [-0.2, -0.15) is 0 Å². The van der Waals surface area contributed by atoms with Gasteiger partial charge in [0, 0.05) is 12.6 Å². The van der Waals surface area contributed by atoms with Crippen LogP contribution in [0.2, 0.25) is 0 Å². The van der Waals surface area contributed by atoms with Gasteiger partial charge in [0.1, 0.15) is 5.82 Å². The summed E-state index contributed by atoms with van der Waals surface area (Å²) >= 11 is 0. The molecule has 21 heavy (non-hydrogen) atoms. The lowest BCUT2D eigenvalue weighted by atomic mass is 9.96. The highest BCUT2D eigenvalue weighted by atomic mass is 19.1. The number of halogens is 1. The molecule has 1 aliphatic carbocycles. The van der Waals surface area contributed by atoms with Gasteiger partial charge >= 0.3 is 0 Å². The lowest BCUT2D eigenvalue weighted by molar-refractivity contribution is 0.0922. The first-order valence-corrected chi connectivity index (χ1v) is 7.96. The molecule has 0 aromatic heterocycles. The first-order chi connectivity index (χ1) is 10.1. The quantitative estimate of drug-likeness (QED) is 0.825. The van der Waals surface area contributed by atoms with Crippen LogP contribution >= 0.6 is 0 Å². The van der Waals surface area contributed by atoms with Gasteiger partial charge in [0.25, 0.3) is 5.91 Å². The van der Waals surface area contributed by atoms with E-state index < -0.39 is 0 Å². The molecule has 0 spiro atoms. The summed E-state index contributed by atoms with van der Waals surface area (Å²) in [5.74, 6) is -0.0739. The standard InChI is InChI=1S/C17H25FN2O/c1-3-19-16-13(9-7-10-14(16)18)17(21)20-15-11-6-4-5-8-12(15)2/h7,9-10,12,15,19H,3-6,8,11H2,1-2H3,(H,20,21). The Labute approximate surface area is 126 Å². The number of benzene rings is 1. The van der Waals surface area contributed by atoms with E-state index in [1.807, 2.05) is 6.92 Å². The molecule has 2 rings (SSSR count). The Bertz CT molecular complexity index is 490. The van der Waals surface area contributed by atoms with Gasteiger partial charge in [-0.15, -0.1) is 0 Å². The molecule has 1 aromatic rings. The Balaban J connectivity index is 2.14. The zero-order valence-corrected chi connectivity index (χ0v) is 12.9. The Kier molecular flexibility index (Phi) is 5.59. The molecular weight excluding hydrogens is 267 g/mol. The van der Waals surface area contributed by atoms with Crippen LogP contribution in [0.3, 0.4) is 0 Å². The van der Waals surface area contributed by atoms with E-state index in [4.69, 9.17) is 0 Å². The second kappa shape index (κ2) is 7.43. The molecule has 0 heterocycles. The third kappa shape index (κ3) is 3.96. The van der Waals surface area contributed by atoms with Crippen molar-refractivity contribution in [3.63, 3.8) is 0 Å². The van der Waals surface area contributed by atoms with Crippen LogP contribution in [0.5, 0.6) is 0 Å². The van der Waals surface area contributed by atoms with Gasteiger partial charge in [0.05, 0.1) is 11.3 Å². The van der Waals surface area contributed by atoms with Crippen LogP contribution in [-0.4, -0.2) is 18.5 Å². The van der Waals surface area contributed by atoms with Crippen LogP contribution in [0.15, 0.2) is 18.2 Å². The van der Waals surface area contributed by atoms with E-state index in [1.54, 1.807) is 12.1 Å². The number of amides is 1. The van der Waals surface area contributed by atoms with Crippen molar-refractivity contribution < 1.29 is 9.18 Å². The molecule has 116 valence electrons.